The third-order valence-electron chi connectivity index (χ3n) is 6.41. The van der Waals surface area contributed by atoms with E-state index in [1.54, 1.807) is 0 Å². The number of imidazole rings is 1. The lowest BCUT2D eigenvalue weighted by Crippen LogP contribution is -2.38. The zero-order valence-electron chi connectivity index (χ0n) is 19.3. The second-order valence-electron chi connectivity index (χ2n) is 9.25. The topological polar surface area (TPSA) is 165 Å². The van der Waals surface area contributed by atoms with Gasteiger partial charge in [-0.3, -0.25) is 4.57 Å². The van der Waals surface area contributed by atoms with E-state index in [9.17, 15) is 18.6 Å². The lowest BCUT2D eigenvalue weighted by Gasteiger charge is -2.26. The van der Waals surface area contributed by atoms with Gasteiger partial charge in [0.1, 0.15) is 12.4 Å². The van der Waals surface area contributed by atoms with Gasteiger partial charge in [-0.25, -0.2) is 28.5 Å². The molecule has 1 aliphatic carbocycles. The van der Waals surface area contributed by atoms with E-state index in [0.717, 1.165) is 6.42 Å². The summed E-state index contributed by atoms with van der Waals surface area (Å²) in [6.07, 6.45) is -0.386. The number of rotatable bonds is 9. The van der Waals surface area contributed by atoms with Crippen molar-refractivity contribution in [2.24, 2.45) is 5.14 Å². The van der Waals surface area contributed by atoms with Gasteiger partial charge >= 0.3 is 0 Å². The van der Waals surface area contributed by atoms with Gasteiger partial charge in [-0.05, 0) is 29.4 Å². The van der Waals surface area contributed by atoms with Crippen LogP contribution < -0.4 is 10.5 Å². The highest BCUT2D eigenvalue weighted by Gasteiger charge is 2.37. The molecule has 4 rings (SSSR count). The number of fused-ring (bicyclic) bond motifs is 2. The van der Waals surface area contributed by atoms with Crippen molar-refractivity contribution in [1.82, 2.24) is 19.5 Å². The largest absolute Gasteiger partial charge is 0.386 e. The highest BCUT2D eigenvalue weighted by Crippen LogP contribution is 2.45. The van der Waals surface area contributed by atoms with Gasteiger partial charge in [0, 0.05) is 7.11 Å². The Labute approximate surface area is 198 Å². The maximum absolute atomic E-state index is 11.3. The fourth-order valence-corrected chi connectivity index (χ4v) is 5.22. The molecule has 184 valence electrons. The van der Waals surface area contributed by atoms with E-state index >= 15 is 0 Å². The summed E-state index contributed by atoms with van der Waals surface area (Å²) in [7, 11) is -2.42. The third-order valence-corrected chi connectivity index (χ3v) is 7.22. The molecule has 0 amide bonds. The molecule has 0 saturated heterocycles. The molecule has 5 N–H and O–H groups in total. The van der Waals surface area contributed by atoms with Gasteiger partial charge < -0.3 is 20.3 Å². The summed E-state index contributed by atoms with van der Waals surface area (Å²) < 4.78 is 29.1. The molecule has 0 aliphatic heterocycles. The van der Waals surface area contributed by atoms with Gasteiger partial charge in [-0.2, -0.15) is 0 Å². The zero-order chi connectivity index (χ0) is 24.7. The standard InChI is InChI=1S/C22H30N6O5S/c1-22(2)10-15(13-6-4-5-7-14(13)22)27-19-17-20(25-11-24-19)28(12-26-17)21(30)18(29)16(33-3)8-9-34(23,31)32/h4-7,11-12,15-16,18,21,29-30H,8-10H2,1-3H3,(H2,23,31,32)(H,24,25,27)/t15?,16-,18-,21-/m1/s1. The normalized spacial score (nSPS) is 20.1. The van der Waals surface area contributed by atoms with Crippen LogP contribution in [0.4, 0.5) is 5.82 Å². The number of nitrogens with zero attached hydrogens (tertiary/aromatic N) is 4. The number of hydrogen-bond donors (Lipinski definition) is 4. The van der Waals surface area contributed by atoms with E-state index in [0.29, 0.717) is 17.0 Å². The van der Waals surface area contributed by atoms with E-state index in [1.807, 2.05) is 12.1 Å². The molecule has 3 aromatic rings. The van der Waals surface area contributed by atoms with E-state index in [1.165, 1.54) is 35.5 Å². The number of benzene rings is 1. The maximum atomic E-state index is 11.3. The molecule has 0 bridgehead atoms. The molecule has 34 heavy (non-hydrogen) atoms. The molecular formula is C22H30N6O5S. The number of nitrogens with one attached hydrogen (secondary N) is 1. The van der Waals surface area contributed by atoms with Gasteiger partial charge in [0.15, 0.2) is 23.2 Å². The molecule has 12 heteroatoms. The van der Waals surface area contributed by atoms with Crippen molar-refractivity contribution in [1.29, 1.82) is 0 Å². The Kier molecular flexibility index (Phi) is 6.62. The minimum atomic E-state index is -3.74. The number of methoxy groups -OCH3 is 1. The molecule has 11 nitrogen and oxygen atoms in total. The Morgan fingerprint density at radius 3 is 2.71 bits per heavy atom. The van der Waals surface area contributed by atoms with Crippen molar-refractivity contribution in [2.75, 3.05) is 18.2 Å². The molecular weight excluding hydrogens is 460 g/mol. The predicted octanol–water partition coefficient (Wildman–Crippen LogP) is 1.21. The highest BCUT2D eigenvalue weighted by molar-refractivity contribution is 7.89. The fourth-order valence-electron chi connectivity index (χ4n) is 4.66. The minimum Gasteiger partial charge on any atom is -0.386 e. The lowest BCUT2D eigenvalue weighted by molar-refractivity contribution is -0.102. The first-order chi connectivity index (χ1) is 16.0. The lowest BCUT2D eigenvalue weighted by atomic mass is 9.86. The van der Waals surface area contributed by atoms with E-state index < -0.39 is 34.2 Å². The number of aliphatic hydroxyl groups excluding tert-OH is 2. The maximum Gasteiger partial charge on any atom is 0.209 e. The van der Waals surface area contributed by atoms with Gasteiger partial charge in [-0.15, -0.1) is 0 Å². The van der Waals surface area contributed by atoms with Crippen LogP contribution in [0.15, 0.2) is 36.9 Å². The Bertz CT molecular complexity index is 1280. The molecule has 1 unspecified atom stereocenters. The van der Waals surface area contributed by atoms with Crippen LogP contribution >= 0.6 is 0 Å². The van der Waals surface area contributed by atoms with Crippen molar-refractivity contribution in [3.8, 4) is 0 Å². The summed E-state index contributed by atoms with van der Waals surface area (Å²) in [5.41, 5.74) is 3.25. The number of primary sulfonamides is 1. The molecule has 1 aromatic carbocycles. The third kappa shape index (κ3) is 4.77. The SMILES string of the molecule is CO[C@H](CCS(N)(=O)=O)[C@@H](O)[C@@H](O)n1cnc2c(NC3CC(C)(C)c4ccccc43)ncnc21. The minimum absolute atomic E-state index is 0.00619. The van der Waals surface area contributed by atoms with Gasteiger partial charge in [0.05, 0.1) is 24.2 Å². The van der Waals surface area contributed by atoms with Crippen molar-refractivity contribution in [3.05, 3.63) is 48.0 Å². The Balaban J connectivity index is 1.59. The van der Waals surface area contributed by atoms with Crippen molar-refractivity contribution in [3.63, 3.8) is 0 Å². The molecule has 2 heterocycles. The average molecular weight is 491 g/mol. The smallest absolute Gasteiger partial charge is 0.209 e. The Morgan fingerprint density at radius 2 is 2.00 bits per heavy atom. The molecule has 1 aliphatic rings. The monoisotopic (exact) mass is 490 g/mol. The summed E-state index contributed by atoms with van der Waals surface area (Å²) >= 11 is 0. The number of sulfonamides is 1. The Morgan fingerprint density at radius 1 is 1.26 bits per heavy atom. The number of aromatic nitrogens is 4. The highest BCUT2D eigenvalue weighted by atomic mass is 32.2. The van der Waals surface area contributed by atoms with Crippen LogP contribution in [-0.2, 0) is 20.2 Å². The molecule has 2 aromatic heterocycles. The van der Waals surface area contributed by atoms with E-state index in [4.69, 9.17) is 9.88 Å². The number of nitrogens with two attached hydrogens (primary N) is 1. The van der Waals surface area contributed by atoms with Gasteiger partial charge in [0.2, 0.25) is 10.0 Å². The second-order valence-corrected chi connectivity index (χ2v) is 11.0. The summed E-state index contributed by atoms with van der Waals surface area (Å²) in [6, 6.07) is 8.32. The fraction of sp³-hybridized carbons (Fsp3) is 0.500. The zero-order valence-corrected chi connectivity index (χ0v) is 20.1. The van der Waals surface area contributed by atoms with Gasteiger partial charge in [-0.1, -0.05) is 38.1 Å². The summed E-state index contributed by atoms with van der Waals surface area (Å²) in [4.78, 5) is 13.0. The van der Waals surface area contributed by atoms with Crippen LogP contribution in [0.25, 0.3) is 11.2 Å². The molecule has 4 atom stereocenters. The number of ether oxygens (including phenoxy) is 1. The predicted molar refractivity (Wildman–Crippen MR) is 126 cm³/mol. The number of hydrogen-bond acceptors (Lipinski definition) is 9. The van der Waals surface area contributed by atoms with Crippen LogP contribution in [0, 0.1) is 0 Å². The summed E-state index contributed by atoms with van der Waals surface area (Å²) in [5.74, 6) is 0.121. The van der Waals surface area contributed by atoms with E-state index in [2.05, 4.69) is 46.2 Å². The van der Waals surface area contributed by atoms with Gasteiger partial charge in [0.25, 0.3) is 0 Å². The van der Waals surface area contributed by atoms with Crippen molar-refractivity contribution < 1.29 is 23.4 Å². The van der Waals surface area contributed by atoms with Crippen LogP contribution in [-0.4, -0.2) is 63.2 Å². The quantitative estimate of drug-likeness (QED) is 0.345. The molecule has 0 radical (unpaired) electrons. The average Bonchev–Trinajstić information content (AvgIpc) is 3.32. The summed E-state index contributed by atoms with van der Waals surface area (Å²) in [6.45, 7) is 4.41. The Hall–Kier alpha value is -2.64. The van der Waals surface area contributed by atoms with E-state index in [-0.39, 0.29) is 17.9 Å². The second kappa shape index (κ2) is 9.19. The van der Waals surface area contributed by atoms with Crippen LogP contribution in [0.5, 0.6) is 0 Å². The first-order valence-electron chi connectivity index (χ1n) is 10.9. The molecule has 0 spiro atoms. The van der Waals surface area contributed by atoms with Crippen molar-refractivity contribution in [2.45, 2.75) is 56.6 Å². The van der Waals surface area contributed by atoms with Crippen LogP contribution in [0.3, 0.4) is 0 Å². The van der Waals surface area contributed by atoms with Crippen LogP contribution in [0.2, 0.25) is 0 Å². The molecule has 0 saturated carbocycles. The number of aliphatic hydroxyl groups is 2. The first kappa shape index (κ1) is 24.5. The summed E-state index contributed by atoms with van der Waals surface area (Å²) in [5, 5.41) is 30.0. The van der Waals surface area contributed by atoms with Crippen LogP contribution in [0.1, 0.15) is 50.1 Å². The first-order valence-corrected chi connectivity index (χ1v) is 12.7. The number of anilines is 1. The van der Waals surface area contributed by atoms with Crippen molar-refractivity contribution >= 4 is 27.0 Å². The molecule has 0 fully saturated rings.